The van der Waals surface area contributed by atoms with Crippen LogP contribution in [0.5, 0.6) is 0 Å². The van der Waals surface area contributed by atoms with Gasteiger partial charge in [-0.15, -0.1) is 0 Å². The molecule has 0 unspecified atom stereocenters. The van der Waals surface area contributed by atoms with Crippen LogP contribution in [0.3, 0.4) is 0 Å². The van der Waals surface area contributed by atoms with E-state index in [1.807, 2.05) is 0 Å². The molecule has 0 saturated carbocycles. The van der Waals surface area contributed by atoms with Crippen LogP contribution in [0, 0.1) is 6.92 Å². The molecule has 0 aliphatic rings. The third-order valence-corrected chi connectivity index (χ3v) is 2.30. The summed E-state index contributed by atoms with van der Waals surface area (Å²) in [5.41, 5.74) is 1.20. The number of nitrogens with one attached hydrogen (secondary N) is 1. The van der Waals surface area contributed by atoms with Crippen LogP contribution in [0.2, 0.25) is 0 Å². The molecule has 7 nitrogen and oxygen atoms in total. The summed E-state index contributed by atoms with van der Waals surface area (Å²) in [7, 11) is 0. The smallest absolute Gasteiger partial charge is 0.328 e. The number of aryl methyl sites for hydroxylation is 1. The lowest BCUT2D eigenvalue weighted by Gasteiger charge is -2.02. The van der Waals surface area contributed by atoms with E-state index in [2.05, 4.69) is 15.5 Å². The SMILES string of the molecule is Cc1cc(C(=O)Nc2cc(/C=C/C(=O)O)ccn2)on1. The minimum absolute atomic E-state index is 0.0794. The topological polar surface area (TPSA) is 105 Å². The number of carboxylic acids is 1. The molecule has 2 aromatic heterocycles. The van der Waals surface area contributed by atoms with Crippen molar-refractivity contribution < 1.29 is 19.2 Å². The van der Waals surface area contributed by atoms with Gasteiger partial charge in [-0.2, -0.15) is 0 Å². The molecule has 1 amide bonds. The number of hydrogen-bond acceptors (Lipinski definition) is 5. The third-order valence-electron chi connectivity index (χ3n) is 2.30. The Kier molecular flexibility index (Phi) is 3.90. The Morgan fingerprint density at radius 2 is 2.20 bits per heavy atom. The zero-order valence-corrected chi connectivity index (χ0v) is 10.5. The Morgan fingerprint density at radius 3 is 2.85 bits per heavy atom. The number of carboxylic acid groups (broad SMARTS) is 1. The molecular formula is C13H11N3O4. The molecule has 0 spiro atoms. The molecule has 0 saturated heterocycles. The van der Waals surface area contributed by atoms with E-state index in [9.17, 15) is 9.59 Å². The van der Waals surface area contributed by atoms with Gasteiger partial charge in [-0.3, -0.25) is 4.79 Å². The van der Waals surface area contributed by atoms with E-state index in [0.29, 0.717) is 11.3 Å². The van der Waals surface area contributed by atoms with Crippen molar-refractivity contribution in [3.63, 3.8) is 0 Å². The van der Waals surface area contributed by atoms with Gasteiger partial charge in [-0.1, -0.05) is 5.16 Å². The fraction of sp³-hybridized carbons (Fsp3) is 0.0769. The Balaban J connectivity index is 2.11. The van der Waals surface area contributed by atoms with Crippen molar-refractivity contribution in [3.05, 3.63) is 47.5 Å². The summed E-state index contributed by atoms with van der Waals surface area (Å²) in [6.07, 6.45) is 3.86. The molecule has 2 rings (SSSR count). The number of carbonyl (C=O) groups excluding carboxylic acids is 1. The van der Waals surface area contributed by atoms with E-state index in [0.717, 1.165) is 6.08 Å². The number of pyridine rings is 1. The predicted octanol–water partition coefficient (Wildman–Crippen LogP) is 1.73. The second-order valence-corrected chi connectivity index (χ2v) is 3.93. The summed E-state index contributed by atoms with van der Waals surface area (Å²) in [6, 6.07) is 4.66. The Morgan fingerprint density at radius 1 is 1.40 bits per heavy atom. The molecule has 102 valence electrons. The molecule has 0 aromatic carbocycles. The van der Waals surface area contributed by atoms with Crippen molar-refractivity contribution in [3.8, 4) is 0 Å². The van der Waals surface area contributed by atoms with Crippen LogP contribution < -0.4 is 5.32 Å². The first-order chi connectivity index (χ1) is 9.54. The fourth-order valence-electron chi connectivity index (χ4n) is 1.43. The summed E-state index contributed by atoms with van der Waals surface area (Å²) in [5.74, 6) is -1.16. The zero-order chi connectivity index (χ0) is 14.5. The van der Waals surface area contributed by atoms with E-state index < -0.39 is 11.9 Å². The lowest BCUT2D eigenvalue weighted by Crippen LogP contribution is -2.12. The normalized spacial score (nSPS) is 10.7. The van der Waals surface area contributed by atoms with E-state index in [4.69, 9.17) is 9.63 Å². The number of rotatable bonds is 4. The Labute approximate surface area is 113 Å². The predicted molar refractivity (Wildman–Crippen MR) is 70.1 cm³/mol. The highest BCUT2D eigenvalue weighted by Crippen LogP contribution is 2.11. The Bertz CT molecular complexity index is 676. The average molecular weight is 273 g/mol. The molecule has 0 radical (unpaired) electrons. The molecule has 7 heteroatoms. The zero-order valence-electron chi connectivity index (χ0n) is 10.5. The molecule has 0 atom stereocenters. The first kappa shape index (κ1) is 13.5. The second kappa shape index (κ2) is 5.79. The van der Waals surface area contributed by atoms with E-state index in [-0.39, 0.29) is 11.6 Å². The minimum Gasteiger partial charge on any atom is -0.478 e. The van der Waals surface area contributed by atoms with Gasteiger partial charge >= 0.3 is 5.97 Å². The molecule has 0 bridgehead atoms. The number of anilines is 1. The molecule has 2 aromatic rings. The van der Waals surface area contributed by atoms with Crippen LogP contribution in [0.15, 0.2) is 35.0 Å². The number of aliphatic carboxylic acids is 1. The van der Waals surface area contributed by atoms with Crippen molar-refractivity contribution in [2.75, 3.05) is 5.32 Å². The summed E-state index contributed by atoms with van der Waals surface area (Å²) in [6.45, 7) is 1.70. The lowest BCUT2D eigenvalue weighted by molar-refractivity contribution is -0.131. The standard InChI is InChI=1S/C13H11N3O4/c1-8-6-10(20-16-8)13(19)15-11-7-9(4-5-14-11)2-3-12(17)18/h2-7H,1H3,(H,17,18)(H,14,15,19)/b3-2+. The first-order valence-corrected chi connectivity index (χ1v) is 5.66. The third kappa shape index (κ3) is 3.52. The van der Waals surface area contributed by atoms with Crippen LogP contribution >= 0.6 is 0 Å². The van der Waals surface area contributed by atoms with Crippen LogP contribution in [-0.4, -0.2) is 27.1 Å². The van der Waals surface area contributed by atoms with Gasteiger partial charge in [0.2, 0.25) is 5.76 Å². The molecular weight excluding hydrogens is 262 g/mol. The maximum Gasteiger partial charge on any atom is 0.328 e. The monoisotopic (exact) mass is 273 g/mol. The molecule has 20 heavy (non-hydrogen) atoms. The van der Waals surface area contributed by atoms with E-state index in [1.165, 1.54) is 18.3 Å². The van der Waals surface area contributed by atoms with Gasteiger partial charge in [-0.25, -0.2) is 9.78 Å². The maximum absolute atomic E-state index is 11.8. The maximum atomic E-state index is 11.8. The molecule has 2 heterocycles. The largest absolute Gasteiger partial charge is 0.478 e. The highest BCUT2D eigenvalue weighted by molar-refractivity contribution is 6.01. The highest BCUT2D eigenvalue weighted by atomic mass is 16.5. The number of nitrogens with zero attached hydrogens (tertiary/aromatic N) is 2. The molecule has 0 aliphatic heterocycles. The number of hydrogen-bond donors (Lipinski definition) is 2. The van der Waals surface area contributed by atoms with Gasteiger partial charge in [0.1, 0.15) is 5.82 Å². The van der Waals surface area contributed by atoms with Gasteiger partial charge in [0, 0.05) is 18.3 Å². The summed E-state index contributed by atoms with van der Waals surface area (Å²) < 4.78 is 4.83. The van der Waals surface area contributed by atoms with Crippen molar-refractivity contribution in [2.45, 2.75) is 6.92 Å². The fourth-order valence-corrected chi connectivity index (χ4v) is 1.43. The first-order valence-electron chi connectivity index (χ1n) is 5.66. The van der Waals surface area contributed by atoms with Crippen molar-refractivity contribution >= 4 is 23.8 Å². The van der Waals surface area contributed by atoms with Crippen molar-refractivity contribution in [1.29, 1.82) is 0 Å². The van der Waals surface area contributed by atoms with Gasteiger partial charge < -0.3 is 14.9 Å². The van der Waals surface area contributed by atoms with Gasteiger partial charge in [-0.05, 0) is 30.7 Å². The van der Waals surface area contributed by atoms with Gasteiger partial charge in [0.15, 0.2) is 0 Å². The summed E-state index contributed by atoms with van der Waals surface area (Å²) in [5, 5.41) is 14.7. The lowest BCUT2D eigenvalue weighted by atomic mass is 10.2. The highest BCUT2D eigenvalue weighted by Gasteiger charge is 2.12. The molecule has 0 aliphatic carbocycles. The number of amides is 1. The summed E-state index contributed by atoms with van der Waals surface area (Å²) >= 11 is 0. The van der Waals surface area contributed by atoms with E-state index in [1.54, 1.807) is 19.1 Å². The quantitative estimate of drug-likeness (QED) is 0.822. The van der Waals surface area contributed by atoms with Crippen molar-refractivity contribution in [2.24, 2.45) is 0 Å². The van der Waals surface area contributed by atoms with Crippen LogP contribution in [0.25, 0.3) is 6.08 Å². The number of carbonyl (C=O) groups is 2. The van der Waals surface area contributed by atoms with Crippen LogP contribution in [0.1, 0.15) is 21.8 Å². The molecule has 0 fully saturated rings. The van der Waals surface area contributed by atoms with Gasteiger partial charge in [0.25, 0.3) is 5.91 Å². The van der Waals surface area contributed by atoms with Gasteiger partial charge in [0.05, 0.1) is 5.69 Å². The van der Waals surface area contributed by atoms with Crippen LogP contribution in [0.4, 0.5) is 5.82 Å². The molecule has 2 N–H and O–H groups in total. The van der Waals surface area contributed by atoms with Crippen LogP contribution in [-0.2, 0) is 4.79 Å². The number of aromatic nitrogens is 2. The summed E-state index contributed by atoms with van der Waals surface area (Å²) in [4.78, 5) is 26.2. The van der Waals surface area contributed by atoms with E-state index >= 15 is 0 Å². The Hall–Kier alpha value is -2.96. The second-order valence-electron chi connectivity index (χ2n) is 3.93. The minimum atomic E-state index is -1.05. The average Bonchev–Trinajstić information content (AvgIpc) is 2.84. The van der Waals surface area contributed by atoms with Crippen molar-refractivity contribution in [1.82, 2.24) is 10.1 Å².